The summed E-state index contributed by atoms with van der Waals surface area (Å²) >= 11 is 0. The van der Waals surface area contributed by atoms with Gasteiger partial charge in [-0.1, -0.05) is 42.5 Å². The first-order valence-corrected chi connectivity index (χ1v) is 9.34. The van der Waals surface area contributed by atoms with E-state index < -0.39 is 11.7 Å². The lowest BCUT2D eigenvalue weighted by Gasteiger charge is -2.39. The number of alkyl halides is 3. The average molecular weight is 385 g/mol. The molecule has 0 amide bonds. The Morgan fingerprint density at radius 3 is 2.21 bits per heavy atom. The van der Waals surface area contributed by atoms with E-state index >= 15 is 0 Å². The Labute approximate surface area is 162 Å². The van der Waals surface area contributed by atoms with E-state index in [1.54, 1.807) is 12.1 Å². The second-order valence-corrected chi connectivity index (χ2v) is 7.42. The predicted molar refractivity (Wildman–Crippen MR) is 102 cm³/mol. The van der Waals surface area contributed by atoms with E-state index in [1.165, 1.54) is 5.56 Å². The fourth-order valence-electron chi connectivity index (χ4n) is 3.70. The van der Waals surface area contributed by atoms with Crippen molar-refractivity contribution in [2.75, 3.05) is 13.1 Å². The lowest BCUT2D eigenvalue weighted by Crippen LogP contribution is -2.45. The molecule has 1 aliphatic rings. The van der Waals surface area contributed by atoms with E-state index in [-0.39, 0.29) is 0 Å². The number of aromatic nitrogens is 2. The zero-order valence-electron chi connectivity index (χ0n) is 15.7. The molecule has 1 saturated heterocycles. The quantitative estimate of drug-likeness (QED) is 0.626. The Kier molecular flexibility index (Phi) is 4.98. The van der Waals surface area contributed by atoms with Crippen molar-refractivity contribution in [2.24, 2.45) is 0 Å². The summed E-state index contributed by atoms with van der Waals surface area (Å²) in [7, 11) is 0. The first-order chi connectivity index (χ1) is 13.4. The Morgan fingerprint density at radius 2 is 1.57 bits per heavy atom. The van der Waals surface area contributed by atoms with Gasteiger partial charge in [0.15, 0.2) is 0 Å². The van der Waals surface area contributed by atoms with Crippen LogP contribution in [0, 0.1) is 6.92 Å². The maximum absolute atomic E-state index is 12.7. The van der Waals surface area contributed by atoms with Crippen LogP contribution in [0.3, 0.4) is 0 Å². The van der Waals surface area contributed by atoms with Crippen molar-refractivity contribution in [1.29, 1.82) is 0 Å². The van der Waals surface area contributed by atoms with E-state index in [1.807, 2.05) is 24.4 Å². The molecule has 0 radical (unpaired) electrons. The van der Waals surface area contributed by atoms with Crippen LogP contribution in [0.25, 0.3) is 0 Å². The third-order valence-corrected chi connectivity index (χ3v) is 5.28. The zero-order valence-corrected chi connectivity index (χ0v) is 15.7. The molecule has 4 rings (SSSR count). The van der Waals surface area contributed by atoms with Gasteiger partial charge in [-0.2, -0.15) is 13.2 Å². The minimum Gasteiger partial charge on any atom is -0.328 e. The number of nitrogens with zero attached hydrogens (tertiary/aromatic N) is 3. The molecule has 0 unspecified atom stereocenters. The first kappa shape index (κ1) is 18.7. The number of halogens is 3. The van der Waals surface area contributed by atoms with Crippen molar-refractivity contribution in [2.45, 2.75) is 32.1 Å². The van der Waals surface area contributed by atoms with E-state index in [2.05, 4.69) is 33.5 Å². The Morgan fingerprint density at radius 1 is 0.929 bits per heavy atom. The van der Waals surface area contributed by atoms with Crippen LogP contribution in [0.4, 0.5) is 13.2 Å². The minimum atomic E-state index is -4.28. The maximum Gasteiger partial charge on any atom is 0.416 e. The van der Waals surface area contributed by atoms with Crippen molar-refractivity contribution in [1.82, 2.24) is 14.5 Å². The number of hydrogen-bond donors (Lipinski definition) is 0. The van der Waals surface area contributed by atoms with Gasteiger partial charge in [0.2, 0.25) is 0 Å². The second kappa shape index (κ2) is 7.43. The van der Waals surface area contributed by atoms with Crippen molar-refractivity contribution in [3.8, 4) is 0 Å². The third kappa shape index (κ3) is 3.97. The molecule has 3 nitrogen and oxygen atoms in total. The lowest BCUT2D eigenvalue weighted by atomic mass is 9.97. The van der Waals surface area contributed by atoms with Gasteiger partial charge in [0.25, 0.3) is 0 Å². The summed E-state index contributed by atoms with van der Waals surface area (Å²) < 4.78 is 40.3. The molecule has 3 aromatic rings. The number of imidazole rings is 1. The molecule has 0 atom stereocenters. The number of aryl methyl sites for hydroxylation is 1. The highest BCUT2D eigenvalue weighted by Gasteiger charge is 2.32. The molecule has 1 fully saturated rings. The molecule has 28 heavy (non-hydrogen) atoms. The number of hydrogen-bond acceptors (Lipinski definition) is 2. The van der Waals surface area contributed by atoms with Crippen LogP contribution < -0.4 is 0 Å². The van der Waals surface area contributed by atoms with E-state index in [9.17, 15) is 13.2 Å². The molecule has 0 saturated carbocycles. The molecular weight excluding hydrogens is 363 g/mol. The van der Waals surface area contributed by atoms with Gasteiger partial charge in [0.05, 0.1) is 5.56 Å². The summed E-state index contributed by atoms with van der Waals surface area (Å²) in [5.41, 5.74) is 2.68. The third-order valence-electron chi connectivity index (χ3n) is 5.28. The van der Waals surface area contributed by atoms with E-state index in [4.69, 9.17) is 0 Å². The van der Waals surface area contributed by atoms with E-state index in [0.29, 0.717) is 12.5 Å². The smallest absolute Gasteiger partial charge is 0.328 e. The Balaban J connectivity index is 1.38. The maximum atomic E-state index is 12.7. The molecule has 146 valence electrons. The summed E-state index contributed by atoms with van der Waals surface area (Å²) in [5, 5.41) is 0. The highest BCUT2D eigenvalue weighted by molar-refractivity contribution is 5.25. The fourth-order valence-corrected chi connectivity index (χ4v) is 3.70. The lowest BCUT2D eigenvalue weighted by molar-refractivity contribution is -0.137. The zero-order chi connectivity index (χ0) is 19.7. The van der Waals surface area contributed by atoms with Crippen LogP contribution in [-0.4, -0.2) is 27.5 Å². The predicted octanol–water partition coefficient (Wildman–Crippen LogP) is 4.86. The topological polar surface area (TPSA) is 21.1 Å². The SMILES string of the molecule is Cc1cnc(C2CN(Cc3ccc(C(F)(F)F)cc3)C2)n1Cc1ccccc1. The van der Waals surface area contributed by atoms with Crippen LogP contribution in [0.15, 0.2) is 60.8 Å². The molecule has 1 aromatic heterocycles. The monoisotopic (exact) mass is 385 g/mol. The van der Waals surface area contributed by atoms with Crippen LogP contribution >= 0.6 is 0 Å². The van der Waals surface area contributed by atoms with Gasteiger partial charge in [-0.25, -0.2) is 4.98 Å². The minimum absolute atomic E-state index is 0.354. The summed E-state index contributed by atoms with van der Waals surface area (Å²) in [5.74, 6) is 1.44. The van der Waals surface area contributed by atoms with Gasteiger partial charge in [-0.05, 0) is 30.2 Å². The molecule has 0 N–H and O–H groups in total. The first-order valence-electron chi connectivity index (χ1n) is 9.34. The molecule has 1 aliphatic heterocycles. The van der Waals surface area contributed by atoms with Gasteiger partial charge >= 0.3 is 6.18 Å². The Bertz CT molecular complexity index is 924. The molecule has 6 heteroatoms. The molecule has 0 spiro atoms. The standard InChI is InChI=1S/C22H22F3N3/c1-16-11-26-21(28(16)13-17-5-3-2-4-6-17)19-14-27(15-19)12-18-7-9-20(10-8-18)22(23,24)25/h2-11,19H,12-15H2,1H3. The fraction of sp³-hybridized carbons (Fsp3) is 0.318. The number of rotatable bonds is 5. The van der Waals surface area contributed by atoms with Gasteiger partial charge in [-0.3, -0.25) is 4.90 Å². The van der Waals surface area contributed by atoms with Crippen LogP contribution in [0.5, 0.6) is 0 Å². The van der Waals surface area contributed by atoms with Crippen LogP contribution in [0.1, 0.15) is 34.1 Å². The van der Waals surface area contributed by atoms with Crippen molar-refractivity contribution < 1.29 is 13.2 Å². The summed E-state index contributed by atoms with van der Waals surface area (Å²) in [4.78, 5) is 6.87. The van der Waals surface area contributed by atoms with Gasteiger partial charge in [0, 0.05) is 44.0 Å². The summed E-state index contributed by atoms with van der Waals surface area (Å²) in [6, 6.07) is 15.8. The largest absolute Gasteiger partial charge is 0.416 e. The number of benzene rings is 2. The van der Waals surface area contributed by atoms with Crippen molar-refractivity contribution in [3.63, 3.8) is 0 Å². The highest BCUT2D eigenvalue weighted by atomic mass is 19.4. The second-order valence-electron chi connectivity index (χ2n) is 7.42. The van der Waals surface area contributed by atoms with Crippen molar-refractivity contribution in [3.05, 3.63) is 89.0 Å². The number of likely N-dealkylation sites (tertiary alicyclic amines) is 1. The molecular formula is C22H22F3N3. The van der Waals surface area contributed by atoms with Gasteiger partial charge < -0.3 is 4.57 Å². The van der Waals surface area contributed by atoms with Crippen LogP contribution in [0.2, 0.25) is 0 Å². The average Bonchev–Trinajstić information content (AvgIpc) is 2.99. The molecule has 2 heterocycles. The molecule has 0 aliphatic carbocycles. The van der Waals surface area contributed by atoms with Crippen LogP contribution in [-0.2, 0) is 19.3 Å². The summed E-state index contributed by atoms with van der Waals surface area (Å²) in [6.07, 6.45) is -2.37. The summed E-state index contributed by atoms with van der Waals surface area (Å²) in [6.45, 7) is 5.26. The van der Waals surface area contributed by atoms with Crippen molar-refractivity contribution >= 4 is 0 Å². The van der Waals surface area contributed by atoms with Gasteiger partial charge in [0.1, 0.15) is 5.82 Å². The van der Waals surface area contributed by atoms with E-state index in [0.717, 1.165) is 48.8 Å². The molecule has 2 aromatic carbocycles. The Hall–Kier alpha value is -2.60. The molecule has 0 bridgehead atoms. The van der Waals surface area contributed by atoms with Gasteiger partial charge in [-0.15, -0.1) is 0 Å². The normalized spacial score (nSPS) is 15.6. The highest BCUT2D eigenvalue weighted by Crippen LogP contribution is 2.31.